The number of rotatable bonds is 2. The summed E-state index contributed by atoms with van der Waals surface area (Å²) < 4.78 is 0. The van der Waals surface area contributed by atoms with Crippen LogP contribution in [0.2, 0.25) is 0 Å². The molecule has 0 aliphatic heterocycles. The number of aromatic nitrogens is 2. The number of aryl methyl sites for hydroxylation is 1. The maximum atomic E-state index is 4.31. The van der Waals surface area contributed by atoms with Gasteiger partial charge in [-0.1, -0.05) is 11.6 Å². The minimum atomic E-state index is 0.628. The molecule has 1 saturated carbocycles. The van der Waals surface area contributed by atoms with E-state index in [9.17, 15) is 0 Å². The fourth-order valence-electron chi connectivity index (χ4n) is 1.71. The van der Waals surface area contributed by atoms with Gasteiger partial charge in [0.25, 0.3) is 0 Å². The van der Waals surface area contributed by atoms with E-state index in [1.54, 1.807) is 6.33 Å². The number of benzene rings is 1. The van der Waals surface area contributed by atoms with Gasteiger partial charge < -0.3 is 5.32 Å². The van der Waals surface area contributed by atoms with Crippen LogP contribution in [0.1, 0.15) is 18.4 Å². The highest BCUT2D eigenvalue weighted by Crippen LogP contribution is 2.27. The third kappa shape index (κ3) is 1.65. The van der Waals surface area contributed by atoms with Crippen LogP contribution in [0.15, 0.2) is 24.5 Å². The van der Waals surface area contributed by atoms with E-state index in [2.05, 4.69) is 34.3 Å². The maximum Gasteiger partial charge on any atom is 0.137 e. The molecule has 1 heterocycles. The standard InChI is InChI=1S/C12H13N3/c1-8-2-5-11-10(6-8)12(14-7-13-11)15-9-3-4-9/h2,5-7,9H,3-4H2,1H3,(H,13,14,15). The van der Waals surface area contributed by atoms with Crippen molar-refractivity contribution in [1.82, 2.24) is 9.97 Å². The van der Waals surface area contributed by atoms with Gasteiger partial charge in [-0.15, -0.1) is 0 Å². The lowest BCUT2D eigenvalue weighted by Crippen LogP contribution is -2.04. The average Bonchev–Trinajstić information content (AvgIpc) is 3.03. The number of fused-ring (bicyclic) bond motifs is 1. The molecule has 3 heteroatoms. The summed E-state index contributed by atoms with van der Waals surface area (Å²) in [7, 11) is 0. The predicted molar refractivity (Wildman–Crippen MR) is 60.9 cm³/mol. The molecule has 3 rings (SSSR count). The van der Waals surface area contributed by atoms with E-state index in [4.69, 9.17) is 0 Å². The Morgan fingerprint density at radius 1 is 1.27 bits per heavy atom. The molecule has 0 saturated heterocycles. The summed E-state index contributed by atoms with van der Waals surface area (Å²) in [5.41, 5.74) is 2.26. The molecule has 0 atom stereocenters. The van der Waals surface area contributed by atoms with Crippen molar-refractivity contribution in [3.8, 4) is 0 Å². The molecule has 2 aromatic rings. The van der Waals surface area contributed by atoms with E-state index in [0.717, 1.165) is 16.7 Å². The highest BCUT2D eigenvalue weighted by atomic mass is 15.1. The van der Waals surface area contributed by atoms with Crippen molar-refractivity contribution in [3.63, 3.8) is 0 Å². The SMILES string of the molecule is Cc1ccc2ncnc(NC3CC3)c2c1. The highest BCUT2D eigenvalue weighted by Gasteiger charge is 2.22. The minimum absolute atomic E-state index is 0.628. The Hall–Kier alpha value is -1.64. The topological polar surface area (TPSA) is 37.8 Å². The highest BCUT2D eigenvalue weighted by molar-refractivity contribution is 5.89. The largest absolute Gasteiger partial charge is 0.367 e. The average molecular weight is 199 g/mol. The molecule has 76 valence electrons. The van der Waals surface area contributed by atoms with Crippen LogP contribution >= 0.6 is 0 Å². The van der Waals surface area contributed by atoms with Crippen LogP contribution in [0.25, 0.3) is 10.9 Å². The first-order valence-corrected chi connectivity index (χ1v) is 5.31. The van der Waals surface area contributed by atoms with Gasteiger partial charge in [0.05, 0.1) is 5.52 Å². The first kappa shape index (κ1) is 8.65. The Kier molecular flexibility index (Phi) is 1.84. The molecule has 1 aromatic carbocycles. The van der Waals surface area contributed by atoms with Gasteiger partial charge in [-0.2, -0.15) is 0 Å². The van der Waals surface area contributed by atoms with Crippen molar-refractivity contribution in [2.24, 2.45) is 0 Å². The van der Waals surface area contributed by atoms with Crippen molar-refractivity contribution in [2.75, 3.05) is 5.32 Å². The second kappa shape index (κ2) is 3.19. The Labute approximate surface area is 88.6 Å². The number of hydrogen-bond donors (Lipinski definition) is 1. The van der Waals surface area contributed by atoms with Crippen LogP contribution in [-0.4, -0.2) is 16.0 Å². The summed E-state index contributed by atoms with van der Waals surface area (Å²) in [6.45, 7) is 2.09. The van der Waals surface area contributed by atoms with Crippen LogP contribution < -0.4 is 5.32 Å². The first-order chi connectivity index (χ1) is 7.33. The third-order valence-electron chi connectivity index (χ3n) is 2.71. The van der Waals surface area contributed by atoms with Crippen LogP contribution in [0.3, 0.4) is 0 Å². The Balaban J connectivity index is 2.13. The number of anilines is 1. The molecule has 1 aliphatic carbocycles. The lowest BCUT2D eigenvalue weighted by atomic mass is 10.1. The van der Waals surface area contributed by atoms with Gasteiger partial charge in [-0.3, -0.25) is 0 Å². The van der Waals surface area contributed by atoms with Crippen molar-refractivity contribution < 1.29 is 0 Å². The lowest BCUT2D eigenvalue weighted by Gasteiger charge is -2.07. The number of nitrogens with zero attached hydrogens (tertiary/aromatic N) is 2. The van der Waals surface area contributed by atoms with E-state index in [-0.39, 0.29) is 0 Å². The summed E-state index contributed by atoms with van der Waals surface area (Å²) in [5.74, 6) is 0.978. The summed E-state index contributed by atoms with van der Waals surface area (Å²) in [5, 5.41) is 4.56. The van der Waals surface area contributed by atoms with Gasteiger partial charge in [0, 0.05) is 11.4 Å². The van der Waals surface area contributed by atoms with E-state index in [0.29, 0.717) is 6.04 Å². The van der Waals surface area contributed by atoms with Crippen molar-refractivity contribution >= 4 is 16.7 Å². The Morgan fingerprint density at radius 3 is 2.93 bits per heavy atom. The first-order valence-electron chi connectivity index (χ1n) is 5.31. The molecule has 1 aliphatic rings. The van der Waals surface area contributed by atoms with Crippen LogP contribution in [0.5, 0.6) is 0 Å². The Bertz CT molecular complexity index is 503. The van der Waals surface area contributed by atoms with Gasteiger partial charge in [-0.05, 0) is 31.9 Å². The minimum Gasteiger partial charge on any atom is -0.367 e. The lowest BCUT2D eigenvalue weighted by molar-refractivity contribution is 1.10. The Morgan fingerprint density at radius 2 is 2.13 bits per heavy atom. The van der Waals surface area contributed by atoms with Gasteiger partial charge in [0.2, 0.25) is 0 Å². The number of nitrogens with one attached hydrogen (secondary N) is 1. The summed E-state index contributed by atoms with van der Waals surface area (Å²) in [6.07, 6.45) is 4.15. The van der Waals surface area contributed by atoms with Gasteiger partial charge >= 0.3 is 0 Å². The van der Waals surface area contributed by atoms with E-state index in [1.165, 1.54) is 18.4 Å². The fourth-order valence-corrected chi connectivity index (χ4v) is 1.71. The van der Waals surface area contributed by atoms with Crippen LogP contribution in [-0.2, 0) is 0 Å². The molecule has 1 aromatic heterocycles. The number of hydrogen-bond acceptors (Lipinski definition) is 3. The molecule has 0 spiro atoms. The predicted octanol–water partition coefficient (Wildman–Crippen LogP) is 2.51. The molecule has 15 heavy (non-hydrogen) atoms. The summed E-state index contributed by atoms with van der Waals surface area (Å²) in [4.78, 5) is 8.57. The van der Waals surface area contributed by atoms with E-state index < -0.39 is 0 Å². The molecular weight excluding hydrogens is 186 g/mol. The van der Waals surface area contributed by atoms with Crippen LogP contribution in [0, 0.1) is 6.92 Å². The normalized spacial score (nSPS) is 15.5. The summed E-state index contributed by atoms with van der Waals surface area (Å²) >= 11 is 0. The second-order valence-corrected chi connectivity index (χ2v) is 4.16. The maximum absolute atomic E-state index is 4.31. The fraction of sp³-hybridized carbons (Fsp3) is 0.333. The van der Waals surface area contributed by atoms with Gasteiger partial charge in [0.1, 0.15) is 12.1 Å². The molecule has 0 amide bonds. The molecule has 0 bridgehead atoms. The smallest absolute Gasteiger partial charge is 0.137 e. The van der Waals surface area contributed by atoms with Crippen molar-refractivity contribution in [1.29, 1.82) is 0 Å². The van der Waals surface area contributed by atoms with Crippen LogP contribution in [0.4, 0.5) is 5.82 Å². The zero-order chi connectivity index (χ0) is 10.3. The monoisotopic (exact) mass is 199 g/mol. The molecular formula is C12H13N3. The molecule has 3 nitrogen and oxygen atoms in total. The molecule has 0 unspecified atom stereocenters. The quantitative estimate of drug-likeness (QED) is 0.807. The van der Waals surface area contributed by atoms with Crippen molar-refractivity contribution in [3.05, 3.63) is 30.1 Å². The van der Waals surface area contributed by atoms with Gasteiger partial charge in [0.15, 0.2) is 0 Å². The molecule has 1 N–H and O–H groups in total. The second-order valence-electron chi connectivity index (χ2n) is 4.16. The van der Waals surface area contributed by atoms with E-state index in [1.807, 2.05) is 6.07 Å². The zero-order valence-corrected chi connectivity index (χ0v) is 8.70. The molecule has 1 fully saturated rings. The van der Waals surface area contributed by atoms with Crippen molar-refractivity contribution in [2.45, 2.75) is 25.8 Å². The molecule has 0 radical (unpaired) electrons. The summed E-state index contributed by atoms with van der Waals surface area (Å²) in [6, 6.07) is 6.89. The van der Waals surface area contributed by atoms with E-state index >= 15 is 0 Å². The van der Waals surface area contributed by atoms with Gasteiger partial charge in [-0.25, -0.2) is 9.97 Å². The third-order valence-corrected chi connectivity index (χ3v) is 2.71. The zero-order valence-electron chi connectivity index (χ0n) is 8.70.